The van der Waals surface area contributed by atoms with Gasteiger partial charge in [0, 0.05) is 43.2 Å². The Labute approximate surface area is 375 Å². The second kappa shape index (κ2) is 15.5. The predicted molar refractivity (Wildman–Crippen MR) is 247 cm³/mol. The van der Waals surface area contributed by atoms with Crippen LogP contribution in [-0.4, -0.2) is 60.1 Å². The first kappa shape index (κ1) is 43.0. The molecule has 2 N–H and O–H groups in total. The third kappa shape index (κ3) is 6.63. The Balaban J connectivity index is 0.000000139. The molecule has 5 saturated carbocycles. The number of Topliss-reactive ketones (excluding diaryl/α,β-unsaturated/α-hetero) is 1. The Hall–Kier alpha value is -1.60. The molecule has 6 nitrogen and oxygen atoms in total. The molecule has 62 heavy (non-hydrogen) atoms. The fourth-order valence-electron chi connectivity index (χ4n) is 18.7. The van der Waals surface area contributed by atoms with Crippen LogP contribution in [0.15, 0.2) is 33.9 Å². The molecule has 0 amide bonds. The van der Waals surface area contributed by atoms with Gasteiger partial charge in [-0.3, -0.25) is 9.59 Å². The fraction of sp³-hybridized carbons (Fsp3) is 0.857. The van der Waals surface area contributed by atoms with Gasteiger partial charge < -0.3 is 20.1 Å². The minimum atomic E-state index is 0.0458. The molecule has 4 heterocycles. The highest BCUT2D eigenvalue weighted by Crippen LogP contribution is 2.66. The van der Waals surface area contributed by atoms with Crippen molar-refractivity contribution < 1.29 is 19.1 Å². The highest BCUT2D eigenvalue weighted by Gasteiger charge is 2.61. The molecule has 0 aromatic rings. The van der Waals surface area contributed by atoms with Crippen molar-refractivity contribution in [2.45, 2.75) is 213 Å². The van der Waals surface area contributed by atoms with E-state index in [9.17, 15) is 9.59 Å². The Morgan fingerprint density at radius 1 is 0.629 bits per heavy atom. The number of nitrogens with one attached hydrogen (secondary N) is 2. The first-order valence-corrected chi connectivity index (χ1v) is 26.6. The number of hydrogen-bond donors (Lipinski definition) is 2. The van der Waals surface area contributed by atoms with Crippen LogP contribution < -0.4 is 10.6 Å². The largest absolute Gasteiger partial charge is 0.369 e. The van der Waals surface area contributed by atoms with Gasteiger partial charge in [0.25, 0.3) is 0 Å². The third-order valence-electron chi connectivity index (χ3n) is 22.4. The zero-order valence-electron chi connectivity index (χ0n) is 40.2. The maximum Gasteiger partial charge on any atom is 0.155 e. The minimum Gasteiger partial charge on any atom is -0.369 e. The summed E-state index contributed by atoms with van der Waals surface area (Å²) in [5.74, 6) is 8.97. The molecule has 0 radical (unpaired) electrons. The fourth-order valence-corrected chi connectivity index (χ4v) is 18.7. The summed E-state index contributed by atoms with van der Waals surface area (Å²) in [6.07, 6.45) is 25.0. The van der Waals surface area contributed by atoms with Crippen LogP contribution in [0.2, 0.25) is 0 Å². The van der Waals surface area contributed by atoms with Crippen LogP contribution in [0.25, 0.3) is 0 Å². The van der Waals surface area contributed by atoms with Crippen molar-refractivity contribution in [3.63, 3.8) is 0 Å². The molecule has 12 aliphatic rings. The van der Waals surface area contributed by atoms with Gasteiger partial charge in [0.1, 0.15) is 5.78 Å². The van der Waals surface area contributed by atoms with Gasteiger partial charge in [0.2, 0.25) is 0 Å². The van der Waals surface area contributed by atoms with E-state index in [1.807, 2.05) is 11.6 Å². The second-order valence-electron chi connectivity index (χ2n) is 25.4. The summed E-state index contributed by atoms with van der Waals surface area (Å²) in [4.78, 5) is 24.3. The van der Waals surface area contributed by atoms with E-state index in [1.165, 1.54) is 76.2 Å². The molecule has 342 valence electrons. The summed E-state index contributed by atoms with van der Waals surface area (Å²) >= 11 is 0. The Bertz CT molecular complexity index is 1930. The highest BCUT2D eigenvalue weighted by atomic mass is 16.5. The predicted octanol–water partition coefficient (Wildman–Crippen LogP) is 11.3. The first-order chi connectivity index (χ1) is 29.6. The topological polar surface area (TPSA) is 76.7 Å². The van der Waals surface area contributed by atoms with Gasteiger partial charge in [0.15, 0.2) is 5.78 Å². The maximum atomic E-state index is 12.2. The standard InChI is InChI=1S/C28H43NO2.C28H41NO2/c2*1-16-11-25-26(29-15-16)18(3)28(31-25)10-8-21-22-6-5-19-12-20(30)7-9-27(19,4)24(22)13-23(21)17(2)14-28/h16,18-19,21-22,24-26,29H,5-15H2,1-4H3;12,16,18,21-22,24-26,29H,5-11,13-15H2,1-4H3/t16-,18+,19+,21-,22-,24-,25+,26-,27-,28-;16-,18+,21-,22-,24-,25+,26-,27-,28-/m00/s1. The van der Waals surface area contributed by atoms with Gasteiger partial charge >= 0.3 is 0 Å². The molecule has 19 atom stereocenters. The third-order valence-corrected chi connectivity index (χ3v) is 22.4. The zero-order chi connectivity index (χ0) is 43.1. The number of carbonyl (C=O) groups is 2. The molecule has 4 saturated heterocycles. The minimum absolute atomic E-state index is 0.0458. The summed E-state index contributed by atoms with van der Waals surface area (Å²) in [5.41, 5.74) is 9.18. The van der Waals surface area contributed by atoms with Crippen LogP contribution in [0.4, 0.5) is 0 Å². The summed E-state index contributed by atoms with van der Waals surface area (Å²) in [7, 11) is 0. The van der Waals surface area contributed by atoms with Crippen LogP contribution in [0.3, 0.4) is 0 Å². The van der Waals surface area contributed by atoms with Crippen molar-refractivity contribution in [1.82, 2.24) is 10.6 Å². The Morgan fingerprint density at radius 2 is 1.19 bits per heavy atom. The van der Waals surface area contributed by atoms with Crippen LogP contribution in [0.5, 0.6) is 0 Å². The summed E-state index contributed by atoms with van der Waals surface area (Å²) in [6.45, 7) is 21.9. The van der Waals surface area contributed by atoms with E-state index in [0.29, 0.717) is 59.0 Å². The van der Waals surface area contributed by atoms with Crippen molar-refractivity contribution >= 4 is 11.6 Å². The number of rotatable bonds is 0. The molecule has 8 aliphatic carbocycles. The van der Waals surface area contributed by atoms with Gasteiger partial charge in [-0.25, -0.2) is 0 Å². The van der Waals surface area contributed by atoms with E-state index >= 15 is 0 Å². The van der Waals surface area contributed by atoms with Gasteiger partial charge in [-0.15, -0.1) is 0 Å². The van der Waals surface area contributed by atoms with E-state index in [4.69, 9.17) is 9.47 Å². The quantitative estimate of drug-likeness (QED) is 0.237. The summed E-state index contributed by atoms with van der Waals surface area (Å²) in [6, 6.07) is 1.09. The zero-order valence-corrected chi connectivity index (χ0v) is 40.2. The van der Waals surface area contributed by atoms with Crippen LogP contribution >= 0.6 is 0 Å². The molecule has 4 aliphatic heterocycles. The number of carbonyl (C=O) groups excluding carboxylic acids is 2. The number of ketones is 2. The van der Waals surface area contributed by atoms with Gasteiger partial charge in [-0.1, -0.05) is 69.4 Å². The molecule has 9 fully saturated rings. The molecule has 0 aromatic carbocycles. The molecule has 6 heteroatoms. The van der Waals surface area contributed by atoms with Crippen molar-refractivity contribution in [2.75, 3.05) is 13.1 Å². The van der Waals surface area contributed by atoms with E-state index in [-0.39, 0.29) is 16.6 Å². The highest BCUT2D eigenvalue weighted by molar-refractivity contribution is 5.91. The molecular formula is C56H84N2O4. The lowest BCUT2D eigenvalue weighted by atomic mass is 9.52. The monoisotopic (exact) mass is 849 g/mol. The second-order valence-corrected chi connectivity index (χ2v) is 25.4. The first-order valence-electron chi connectivity index (χ1n) is 26.6. The molecule has 0 bridgehead atoms. The van der Waals surface area contributed by atoms with Crippen molar-refractivity contribution in [3.05, 3.63) is 33.9 Å². The lowest BCUT2D eigenvalue weighted by molar-refractivity contribution is -0.129. The average molecular weight is 849 g/mol. The lowest BCUT2D eigenvalue weighted by Crippen LogP contribution is -2.48. The Kier molecular flexibility index (Phi) is 10.7. The molecule has 0 unspecified atom stereocenters. The van der Waals surface area contributed by atoms with E-state index in [1.54, 1.807) is 16.7 Å². The van der Waals surface area contributed by atoms with E-state index < -0.39 is 0 Å². The lowest BCUT2D eigenvalue weighted by Gasteiger charge is -2.52. The normalized spacial score (nSPS) is 53.0. The van der Waals surface area contributed by atoms with Crippen molar-refractivity contribution in [1.29, 1.82) is 0 Å². The molecule has 2 spiro atoms. The number of piperidine rings is 2. The van der Waals surface area contributed by atoms with Gasteiger partial charge in [-0.2, -0.15) is 0 Å². The number of allylic oxidation sites excluding steroid dienone is 4. The van der Waals surface area contributed by atoms with Crippen LogP contribution in [-0.2, 0) is 19.1 Å². The van der Waals surface area contributed by atoms with E-state index in [2.05, 4.69) is 66.0 Å². The molecule has 12 rings (SSSR count). The number of ether oxygens (including phenoxy) is 2. The van der Waals surface area contributed by atoms with Crippen molar-refractivity contribution in [3.8, 4) is 0 Å². The smallest absolute Gasteiger partial charge is 0.155 e. The number of hydrogen-bond acceptors (Lipinski definition) is 6. The van der Waals surface area contributed by atoms with Crippen LogP contribution in [0.1, 0.15) is 177 Å². The van der Waals surface area contributed by atoms with Crippen LogP contribution in [0, 0.1) is 75.9 Å². The van der Waals surface area contributed by atoms with Gasteiger partial charge in [-0.05, 0) is 200 Å². The summed E-state index contributed by atoms with van der Waals surface area (Å²) in [5, 5.41) is 7.70. The summed E-state index contributed by atoms with van der Waals surface area (Å²) < 4.78 is 14.0. The maximum absolute atomic E-state index is 12.2. The van der Waals surface area contributed by atoms with E-state index in [0.717, 1.165) is 112 Å². The average Bonchev–Trinajstić information content (AvgIpc) is 3.91. The number of fused-ring (bicyclic) bond motifs is 12. The molecule has 0 aromatic heterocycles. The Morgan fingerprint density at radius 3 is 1.79 bits per heavy atom. The SMILES string of the molecule is CC1=C2C[C@H]3[C@@H](CCC4=CC(=O)CC[C@@]43C)[C@@H]2CC[C@@]2(C1)O[C@@H]1C[C@H](C)CN[C@H]1[C@H]2C.CC1=C2C[C@H]3[C@@H](CC[C@@H]4CC(=O)CC[C@@]43C)[C@@H]2CC[C@@]2(C1)O[C@@H]1C[C@H](C)CN[C@H]1[C@H]2C. The van der Waals surface area contributed by atoms with Gasteiger partial charge in [0.05, 0.1) is 23.4 Å². The molecular weight excluding hydrogens is 765 g/mol. The van der Waals surface area contributed by atoms with Crippen molar-refractivity contribution in [2.24, 2.45) is 75.9 Å².